The topological polar surface area (TPSA) is 40.5 Å². The third-order valence-electron chi connectivity index (χ3n) is 4.89. The van der Waals surface area contributed by atoms with E-state index in [0.717, 1.165) is 6.42 Å². The van der Waals surface area contributed by atoms with Gasteiger partial charge in [0, 0.05) is 18.0 Å². The Labute approximate surface area is 96.8 Å². The van der Waals surface area contributed by atoms with Crippen LogP contribution in [0.2, 0.25) is 0 Å². The molecule has 1 aliphatic heterocycles. The number of likely N-dealkylation sites (tertiary alicyclic amines) is 1. The van der Waals surface area contributed by atoms with Crippen molar-refractivity contribution in [1.82, 2.24) is 4.90 Å². The third-order valence-corrected chi connectivity index (χ3v) is 4.89. The van der Waals surface area contributed by atoms with Crippen LogP contribution in [0.4, 0.5) is 0 Å². The monoisotopic (exact) mass is 223 g/mol. The highest BCUT2D eigenvalue weighted by Gasteiger charge is 2.54. The summed E-state index contributed by atoms with van der Waals surface area (Å²) in [5.41, 5.74) is 0. The molecule has 0 aromatic rings. The first-order valence-corrected chi connectivity index (χ1v) is 6.79. The van der Waals surface area contributed by atoms with Gasteiger partial charge in [0.05, 0.1) is 0 Å². The number of hydrogen-bond acceptors (Lipinski definition) is 2. The number of carboxylic acid groups (broad SMARTS) is 1. The molecule has 0 amide bonds. The largest absolute Gasteiger partial charge is 0.480 e. The molecule has 0 radical (unpaired) electrons. The van der Waals surface area contributed by atoms with Crippen molar-refractivity contribution in [3.63, 3.8) is 0 Å². The highest BCUT2D eigenvalue weighted by molar-refractivity contribution is 5.75. The summed E-state index contributed by atoms with van der Waals surface area (Å²) in [6.07, 6.45) is 9.98. The zero-order valence-corrected chi connectivity index (χ0v) is 9.77. The molecule has 1 heterocycles. The van der Waals surface area contributed by atoms with Gasteiger partial charge in [0.2, 0.25) is 0 Å². The Morgan fingerprint density at radius 2 is 1.62 bits per heavy atom. The minimum atomic E-state index is -0.574. The van der Waals surface area contributed by atoms with Crippen LogP contribution in [0.1, 0.15) is 51.4 Å². The molecular weight excluding hydrogens is 202 g/mol. The van der Waals surface area contributed by atoms with Gasteiger partial charge in [0.25, 0.3) is 0 Å². The van der Waals surface area contributed by atoms with Crippen LogP contribution in [-0.4, -0.2) is 34.1 Å². The molecule has 3 rings (SSSR count). The number of carbonyl (C=O) groups is 1. The van der Waals surface area contributed by atoms with Crippen molar-refractivity contribution >= 4 is 5.97 Å². The molecule has 3 fully saturated rings. The van der Waals surface area contributed by atoms with E-state index in [9.17, 15) is 9.90 Å². The molecule has 2 saturated carbocycles. The van der Waals surface area contributed by atoms with Gasteiger partial charge in [-0.15, -0.1) is 0 Å². The summed E-state index contributed by atoms with van der Waals surface area (Å²) in [6, 6.07) is 1.05. The predicted octanol–water partition coefficient (Wildman–Crippen LogP) is 2.26. The van der Waals surface area contributed by atoms with Crippen LogP contribution < -0.4 is 0 Å². The average molecular weight is 223 g/mol. The summed E-state index contributed by atoms with van der Waals surface area (Å²) in [6.45, 7) is 0. The Morgan fingerprint density at radius 3 is 2.31 bits per heavy atom. The molecule has 0 spiro atoms. The number of hydrogen-bond donors (Lipinski definition) is 1. The zero-order valence-electron chi connectivity index (χ0n) is 9.77. The summed E-state index contributed by atoms with van der Waals surface area (Å²) in [4.78, 5) is 13.7. The quantitative estimate of drug-likeness (QED) is 0.780. The molecule has 3 nitrogen and oxygen atoms in total. The second kappa shape index (κ2) is 4.02. The Hall–Kier alpha value is -0.570. The van der Waals surface area contributed by atoms with Crippen molar-refractivity contribution in [3.05, 3.63) is 0 Å². The van der Waals surface area contributed by atoms with Crippen molar-refractivity contribution < 1.29 is 9.90 Å². The molecule has 0 aromatic heterocycles. The van der Waals surface area contributed by atoms with Gasteiger partial charge in [0.1, 0.15) is 6.04 Å². The summed E-state index contributed by atoms with van der Waals surface area (Å²) in [5, 5.41) is 9.36. The third kappa shape index (κ3) is 1.48. The Bertz CT molecular complexity index is 286. The van der Waals surface area contributed by atoms with Gasteiger partial charge >= 0.3 is 5.97 Å². The van der Waals surface area contributed by atoms with Crippen LogP contribution in [0, 0.1) is 5.92 Å². The van der Waals surface area contributed by atoms with Gasteiger partial charge < -0.3 is 5.11 Å². The standard InChI is InChI=1S/C13H21NO2/c15-13(16)12-10-7-3-4-8-11(10)14(12)9-5-1-2-6-9/h9-12H,1-8H2,(H,15,16). The van der Waals surface area contributed by atoms with Gasteiger partial charge in [0.15, 0.2) is 0 Å². The molecule has 3 unspecified atom stereocenters. The van der Waals surface area contributed by atoms with Crippen molar-refractivity contribution in [3.8, 4) is 0 Å². The van der Waals surface area contributed by atoms with Crippen LogP contribution in [0.3, 0.4) is 0 Å². The SMILES string of the molecule is O=C(O)C1C2CCCCC2N1C1CCCC1. The Morgan fingerprint density at radius 1 is 1.00 bits per heavy atom. The van der Waals surface area contributed by atoms with E-state index < -0.39 is 5.97 Å². The second-order valence-corrected chi connectivity index (χ2v) is 5.68. The molecule has 0 aromatic carbocycles. The summed E-state index contributed by atoms with van der Waals surface area (Å²) >= 11 is 0. The van der Waals surface area contributed by atoms with Gasteiger partial charge in [-0.05, 0) is 25.7 Å². The Kier molecular flexibility index (Phi) is 2.66. The smallest absolute Gasteiger partial charge is 0.321 e. The number of rotatable bonds is 2. The molecule has 2 aliphatic carbocycles. The molecule has 3 heteroatoms. The molecule has 1 saturated heterocycles. The fourth-order valence-electron chi connectivity index (χ4n) is 4.22. The zero-order chi connectivity index (χ0) is 11.1. The summed E-state index contributed by atoms with van der Waals surface area (Å²) in [7, 11) is 0. The summed E-state index contributed by atoms with van der Waals surface area (Å²) < 4.78 is 0. The van der Waals surface area contributed by atoms with E-state index in [1.54, 1.807) is 0 Å². The summed E-state index contributed by atoms with van der Waals surface area (Å²) in [5.74, 6) is -0.109. The molecule has 16 heavy (non-hydrogen) atoms. The molecule has 0 bridgehead atoms. The maximum Gasteiger partial charge on any atom is 0.321 e. The first kappa shape index (κ1) is 10.6. The van der Waals surface area contributed by atoms with E-state index in [-0.39, 0.29) is 6.04 Å². The first-order valence-electron chi connectivity index (χ1n) is 6.79. The number of aliphatic carboxylic acids is 1. The minimum Gasteiger partial charge on any atom is -0.480 e. The van der Waals surface area contributed by atoms with Crippen LogP contribution in [-0.2, 0) is 4.79 Å². The van der Waals surface area contributed by atoms with Crippen molar-refractivity contribution in [1.29, 1.82) is 0 Å². The fraction of sp³-hybridized carbons (Fsp3) is 0.923. The van der Waals surface area contributed by atoms with Crippen LogP contribution in [0.25, 0.3) is 0 Å². The average Bonchev–Trinajstić information content (AvgIpc) is 2.72. The first-order chi connectivity index (χ1) is 7.79. The van der Waals surface area contributed by atoms with E-state index >= 15 is 0 Å². The molecule has 3 aliphatic rings. The van der Waals surface area contributed by atoms with E-state index in [2.05, 4.69) is 4.90 Å². The van der Waals surface area contributed by atoms with Gasteiger partial charge in [-0.3, -0.25) is 9.69 Å². The lowest BCUT2D eigenvalue weighted by atomic mass is 9.69. The van der Waals surface area contributed by atoms with Crippen molar-refractivity contribution in [2.45, 2.75) is 69.5 Å². The highest BCUT2D eigenvalue weighted by Crippen LogP contribution is 2.46. The number of fused-ring (bicyclic) bond motifs is 1. The normalized spacial score (nSPS) is 40.4. The van der Waals surface area contributed by atoms with Crippen LogP contribution >= 0.6 is 0 Å². The maximum atomic E-state index is 11.4. The van der Waals surface area contributed by atoms with Gasteiger partial charge in [-0.1, -0.05) is 25.7 Å². The highest BCUT2D eigenvalue weighted by atomic mass is 16.4. The van der Waals surface area contributed by atoms with E-state index in [1.165, 1.54) is 44.9 Å². The van der Waals surface area contributed by atoms with Crippen LogP contribution in [0.15, 0.2) is 0 Å². The van der Waals surface area contributed by atoms with E-state index in [1.807, 2.05) is 0 Å². The van der Waals surface area contributed by atoms with Gasteiger partial charge in [-0.25, -0.2) is 0 Å². The van der Waals surface area contributed by atoms with E-state index in [0.29, 0.717) is 18.0 Å². The Balaban J connectivity index is 1.76. The van der Waals surface area contributed by atoms with Gasteiger partial charge in [-0.2, -0.15) is 0 Å². The lowest BCUT2D eigenvalue weighted by molar-refractivity contribution is -0.170. The van der Waals surface area contributed by atoms with E-state index in [4.69, 9.17) is 0 Å². The minimum absolute atomic E-state index is 0.145. The predicted molar refractivity (Wildman–Crippen MR) is 61.3 cm³/mol. The number of nitrogens with zero attached hydrogens (tertiary/aromatic N) is 1. The lowest BCUT2D eigenvalue weighted by Gasteiger charge is -2.58. The second-order valence-electron chi connectivity index (χ2n) is 5.68. The van der Waals surface area contributed by atoms with Crippen molar-refractivity contribution in [2.75, 3.05) is 0 Å². The molecule has 1 N–H and O–H groups in total. The molecule has 90 valence electrons. The molecule has 3 atom stereocenters. The van der Waals surface area contributed by atoms with Crippen LogP contribution in [0.5, 0.6) is 0 Å². The fourth-order valence-corrected chi connectivity index (χ4v) is 4.22. The maximum absolute atomic E-state index is 11.4. The molecular formula is C13H21NO2. The van der Waals surface area contributed by atoms with Crippen molar-refractivity contribution in [2.24, 2.45) is 5.92 Å². The number of carboxylic acids is 1. The lowest BCUT2D eigenvalue weighted by Crippen LogP contribution is -2.70.